The molecule has 2 aromatic rings. The van der Waals surface area contributed by atoms with Gasteiger partial charge in [-0.2, -0.15) is 8.62 Å². The zero-order valence-corrected chi connectivity index (χ0v) is 19.7. The molecule has 18 nitrogen and oxygen atoms in total. The van der Waals surface area contributed by atoms with Crippen molar-refractivity contribution < 1.29 is 61.4 Å². The summed E-state index contributed by atoms with van der Waals surface area (Å²) in [6, 6.07) is 0. The molecule has 0 saturated carbocycles. The number of anilines is 1. The van der Waals surface area contributed by atoms with E-state index in [0.717, 1.165) is 6.33 Å². The highest BCUT2D eigenvalue weighted by Crippen LogP contribution is 2.67. The van der Waals surface area contributed by atoms with Crippen LogP contribution >= 0.6 is 35.2 Å². The minimum absolute atomic E-state index is 0.0398. The minimum atomic E-state index is -5.75. The Balaban J connectivity index is 1.80. The molecular weight excluding hydrogens is 535 g/mol. The number of aromatic nitrogens is 4. The number of hydrogen-bond donors (Lipinski definition) is 7. The first-order valence-corrected chi connectivity index (χ1v) is 14.2. The van der Waals surface area contributed by atoms with Crippen LogP contribution in [0.1, 0.15) is 6.23 Å². The fraction of sp³-hybridized carbons (Fsp3) is 0.545. The summed E-state index contributed by atoms with van der Waals surface area (Å²) in [5.74, 6) is 0.0398. The Bertz CT molecular complexity index is 1160. The smallest absolute Gasteiger partial charge is 0.387 e. The highest BCUT2D eigenvalue weighted by molar-refractivity contribution is 7.99. The number of fused-ring (bicyclic) bond motifs is 1. The van der Waals surface area contributed by atoms with Gasteiger partial charge in [-0.1, -0.05) is 0 Å². The summed E-state index contributed by atoms with van der Waals surface area (Å²) in [6.07, 6.45) is -2.49. The van der Waals surface area contributed by atoms with Gasteiger partial charge < -0.3 is 40.3 Å². The molecule has 0 bridgehead atoms. The van der Waals surface area contributed by atoms with Crippen molar-refractivity contribution in [2.24, 2.45) is 0 Å². The first-order chi connectivity index (χ1) is 15.1. The number of aliphatic hydroxyl groups excluding tert-OH is 2. The van der Waals surface area contributed by atoms with E-state index in [2.05, 4.69) is 23.6 Å². The van der Waals surface area contributed by atoms with Crippen molar-refractivity contribution in [1.29, 1.82) is 0 Å². The monoisotopic (exact) mass is 553 g/mol. The second-order valence-corrected chi connectivity index (χ2v) is 11.7. The van der Waals surface area contributed by atoms with Gasteiger partial charge in [-0.05, 0) is 6.26 Å². The quantitative estimate of drug-likeness (QED) is 0.146. The number of phosphoric ester groups is 1. The lowest BCUT2D eigenvalue weighted by Gasteiger charge is -2.26. The Morgan fingerprint density at radius 1 is 1.09 bits per heavy atom. The molecule has 33 heavy (non-hydrogen) atoms. The van der Waals surface area contributed by atoms with Gasteiger partial charge in [0.15, 0.2) is 17.7 Å². The van der Waals surface area contributed by atoms with Crippen LogP contribution in [0, 0.1) is 0 Å². The fourth-order valence-electron chi connectivity index (χ4n) is 2.86. The topological polar surface area (TPSA) is 279 Å². The second-order valence-electron chi connectivity index (χ2n) is 6.36. The summed E-state index contributed by atoms with van der Waals surface area (Å²) in [7, 11) is -16.8. The largest absolute Gasteiger partial charge is 0.490 e. The maximum Gasteiger partial charge on any atom is 0.490 e. The van der Waals surface area contributed by atoms with Crippen molar-refractivity contribution in [3.8, 4) is 0 Å². The predicted octanol–water partition coefficient (Wildman–Crippen LogP) is -0.940. The third-order valence-corrected chi connectivity index (χ3v) is 8.88. The number of hydrogen-bond acceptors (Lipinski definition) is 14. The maximum atomic E-state index is 12.1. The van der Waals surface area contributed by atoms with E-state index < -0.39 is 53.4 Å². The number of aliphatic hydroxyl groups is 2. The molecule has 3 heterocycles. The molecule has 7 atom stereocenters. The van der Waals surface area contributed by atoms with Crippen LogP contribution in [0.2, 0.25) is 0 Å². The molecule has 3 rings (SSSR count). The van der Waals surface area contributed by atoms with E-state index in [0.29, 0.717) is 11.8 Å². The molecule has 2 aromatic heterocycles. The van der Waals surface area contributed by atoms with Crippen LogP contribution < -0.4 is 5.73 Å². The molecular formula is C11H18N5O13P3S. The predicted molar refractivity (Wildman–Crippen MR) is 108 cm³/mol. The lowest BCUT2D eigenvalue weighted by Crippen LogP contribution is -2.38. The van der Waals surface area contributed by atoms with Crippen molar-refractivity contribution in [2.75, 3.05) is 12.0 Å². The van der Waals surface area contributed by atoms with Gasteiger partial charge in [-0.25, -0.2) is 28.6 Å². The molecule has 22 heteroatoms. The molecule has 8 N–H and O–H groups in total. The lowest BCUT2D eigenvalue weighted by atomic mass is 10.1. The Morgan fingerprint density at radius 3 is 2.36 bits per heavy atom. The standard InChI is InChI=1S/C11H18N5O13P3S/c1-33-11(27-31(22,23)29-32(24,25)28-30(19,20)21)7-5(17)6(18)10(26-7)16-3-15-4-8(12)13-2-14-9(4)16/h2-3,5-7,10-11,17-18H,1H3,(H,22,23)(H,24,25)(H2,12,13,14)(H2,19,20,21)/t5-,6+,7-,10+,11?/m0/s1. The van der Waals surface area contributed by atoms with E-state index in [9.17, 15) is 33.7 Å². The molecule has 3 unspecified atom stereocenters. The third-order valence-electron chi connectivity index (χ3n) is 4.09. The molecule has 0 aromatic carbocycles. The van der Waals surface area contributed by atoms with E-state index >= 15 is 0 Å². The average molecular weight is 553 g/mol. The fourth-order valence-corrected chi connectivity index (χ4v) is 7.07. The third kappa shape index (κ3) is 6.17. The minimum Gasteiger partial charge on any atom is -0.387 e. The molecule has 1 fully saturated rings. The molecule has 186 valence electrons. The van der Waals surface area contributed by atoms with Gasteiger partial charge in [-0.15, -0.1) is 11.8 Å². The lowest BCUT2D eigenvalue weighted by molar-refractivity contribution is -0.0581. The number of rotatable bonds is 9. The zero-order chi connectivity index (χ0) is 24.8. The Morgan fingerprint density at radius 2 is 1.76 bits per heavy atom. The van der Waals surface area contributed by atoms with Crippen LogP contribution in [0.4, 0.5) is 5.82 Å². The van der Waals surface area contributed by atoms with Crippen molar-refractivity contribution in [3.63, 3.8) is 0 Å². The molecule has 1 aliphatic rings. The number of phosphoric acid groups is 3. The molecule has 0 spiro atoms. The number of imidazole rings is 1. The van der Waals surface area contributed by atoms with Gasteiger partial charge in [0, 0.05) is 0 Å². The zero-order valence-electron chi connectivity index (χ0n) is 16.2. The van der Waals surface area contributed by atoms with Crippen LogP contribution in [0.3, 0.4) is 0 Å². The van der Waals surface area contributed by atoms with Crippen molar-refractivity contribution >= 4 is 52.2 Å². The van der Waals surface area contributed by atoms with Crippen molar-refractivity contribution in [2.45, 2.75) is 30.0 Å². The number of nitrogens with zero attached hydrogens (tertiary/aromatic N) is 4. The number of nitrogens with two attached hydrogens (primary N) is 1. The number of thioether (sulfide) groups is 1. The Labute approximate surface area is 188 Å². The molecule has 1 saturated heterocycles. The summed E-state index contributed by atoms with van der Waals surface area (Å²) in [4.78, 5) is 48.0. The van der Waals surface area contributed by atoms with E-state index in [4.69, 9.17) is 24.8 Å². The van der Waals surface area contributed by atoms with E-state index in [1.54, 1.807) is 0 Å². The van der Waals surface area contributed by atoms with E-state index in [1.807, 2.05) is 0 Å². The molecule has 0 amide bonds. The van der Waals surface area contributed by atoms with Crippen LogP contribution in [0.15, 0.2) is 12.7 Å². The Hall–Kier alpha value is -1.01. The summed E-state index contributed by atoms with van der Waals surface area (Å²) < 4.78 is 53.2. The van der Waals surface area contributed by atoms with Crippen LogP contribution in [-0.2, 0) is 31.6 Å². The first-order valence-electron chi connectivity index (χ1n) is 8.44. The molecule has 0 aliphatic carbocycles. The molecule has 0 radical (unpaired) electrons. The van der Waals surface area contributed by atoms with Crippen LogP contribution in [0.25, 0.3) is 11.2 Å². The van der Waals surface area contributed by atoms with Crippen molar-refractivity contribution in [3.05, 3.63) is 12.7 Å². The highest BCUT2D eigenvalue weighted by Gasteiger charge is 2.51. The van der Waals surface area contributed by atoms with Crippen LogP contribution in [0.5, 0.6) is 0 Å². The number of nitrogen functional groups attached to an aromatic ring is 1. The van der Waals surface area contributed by atoms with Gasteiger partial charge in [-0.3, -0.25) is 9.09 Å². The van der Waals surface area contributed by atoms with E-state index in [-0.39, 0.29) is 17.0 Å². The molecule has 1 aliphatic heterocycles. The first kappa shape index (κ1) is 26.6. The summed E-state index contributed by atoms with van der Waals surface area (Å²) in [5, 5.41) is 20.9. The van der Waals surface area contributed by atoms with Gasteiger partial charge in [0.2, 0.25) is 0 Å². The second kappa shape index (κ2) is 9.56. The maximum absolute atomic E-state index is 12.1. The van der Waals surface area contributed by atoms with Gasteiger partial charge in [0.1, 0.15) is 35.6 Å². The SMILES string of the molecule is CSC(OP(=O)(O)OP(=O)(O)OP(=O)(O)O)[C@H]1O[C@@H](n2cnc3c(N)ncnc32)[C@H](O)[C@@H]1O. The number of ether oxygens (including phenoxy) is 1. The highest BCUT2D eigenvalue weighted by atomic mass is 32.2. The van der Waals surface area contributed by atoms with Gasteiger partial charge >= 0.3 is 23.5 Å². The van der Waals surface area contributed by atoms with Crippen LogP contribution in [-0.4, -0.2) is 79.3 Å². The Kier molecular flexibility index (Phi) is 7.71. The van der Waals surface area contributed by atoms with E-state index in [1.165, 1.54) is 17.2 Å². The normalized spacial score (nSPS) is 28.5. The van der Waals surface area contributed by atoms with Gasteiger partial charge in [0.05, 0.1) is 6.33 Å². The average Bonchev–Trinajstić information content (AvgIpc) is 3.20. The summed E-state index contributed by atoms with van der Waals surface area (Å²) in [5.41, 5.74) is 4.44. The summed E-state index contributed by atoms with van der Waals surface area (Å²) >= 11 is 0.678. The summed E-state index contributed by atoms with van der Waals surface area (Å²) in [6.45, 7) is 0. The van der Waals surface area contributed by atoms with Gasteiger partial charge in [0.25, 0.3) is 0 Å². The van der Waals surface area contributed by atoms with Crippen molar-refractivity contribution in [1.82, 2.24) is 19.5 Å².